The van der Waals surface area contributed by atoms with E-state index in [0.29, 0.717) is 25.3 Å². The first-order valence-corrected chi connectivity index (χ1v) is 10.7. The first-order valence-electron chi connectivity index (χ1n) is 8.37. The Morgan fingerprint density at radius 3 is 2.54 bits per heavy atom. The van der Waals surface area contributed by atoms with Gasteiger partial charge in [0.25, 0.3) is 0 Å². The van der Waals surface area contributed by atoms with Gasteiger partial charge in [0.2, 0.25) is 15.0 Å². The van der Waals surface area contributed by atoms with E-state index in [-0.39, 0.29) is 4.90 Å². The summed E-state index contributed by atoms with van der Waals surface area (Å²) in [7, 11) is -4.64. The Kier molecular flexibility index (Phi) is 5.71. The van der Waals surface area contributed by atoms with Gasteiger partial charge in [-0.25, -0.2) is 13.4 Å². The van der Waals surface area contributed by atoms with Crippen LogP contribution in [0.25, 0.3) is 0 Å². The van der Waals surface area contributed by atoms with E-state index in [1.807, 2.05) is 11.8 Å². The van der Waals surface area contributed by atoms with Crippen LogP contribution in [0.3, 0.4) is 0 Å². The van der Waals surface area contributed by atoms with Crippen molar-refractivity contribution in [3.05, 3.63) is 30.1 Å². The number of alkyl halides is 2. The van der Waals surface area contributed by atoms with Crippen LogP contribution in [0.5, 0.6) is 0 Å². The Balaban J connectivity index is 1.82. The molecule has 0 spiro atoms. The number of aryl methyl sites for hydroxylation is 1. The number of hydrogen-bond donors (Lipinski definition) is 0. The van der Waals surface area contributed by atoms with Crippen molar-refractivity contribution >= 4 is 32.2 Å². The molecule has 1 fully saturated rings. The maximum atomic E-state index is 13.0. The highest BCUT2D eigenvalue weighted by atomic mass is 32.2. The Hall–Kier alpha value is -1.81. The fourth-order valence-electron chi connectivity index (χ4n) is 2.92. The normalized spacial score (nSPS) is 16.2. The minimum absolute atomic E-state index is 0.312. The Morgan fingerprint density at radius 2 is 1.85 bits per heavy atom. The van der Waals surface area contributed by atoms with E-state index in [4.69, 9.17) is 0 Å². The second-order valence-corrected chi connectivity index (χ2v) is 8.56. The number of anilines is 2. The molecule has 0 atom stereocenters. The lowest BCUT2D eigenvalue weighted by Crippen LogP contribution is -2.31. The largest absolute Gasteiger partial charge is 0.369 e. The van der Waals surface area contributed by atoms with E-state index in [9.17, 15) is 17.2 Å². The zero-order valence-electron chi connectivity index (χ0n) is 14.3. The molecule has 1 aromatic heterocycles. The minimum atomic E-state index is -4.64. The van der Waals surface area contributed by atoms with Crippen LogP contribution < -0.4 is 9.80 Å². The van der Waals surface area contributed by atoms with E-state index >= 15 is 0 Å². The van der Waals surface area contributed by atoms with E-state index in [0.717, 1.165) is 30.3 Å². The van der Waals surface area contributed by atoms with Crippen LogP contribution in [0.1, 0.15) is 19.2 Å². The minimum Gasteiger partial charge on any atom is -0.369 e. The third-order valence-electron chi connectivity index (χ3n) is 4.29. The second-order valence-electron chi connectivity index (χ2n) is 5.95. The van der Waals surface area contributed by atoms with Crippen LogP contribution in [0.15, 0.2) is 29.2 Å². The van der Waals surface area contributed by atoms with Gasteiger partial charge in [-0.05, 0) is 18.6 Å². The molecule has 0 amide bonds. The van der Waals surface area contributed by atoms with Crippen LogP contribution in [0.2, 0.25) is 0 Å². The highest BCUT2D eigenvalue weighted by Crippen LogP contribution is 2.30. The SMILES string of the molecule is CCc1nsc(N2CCCN(c3ccccc3S(=O)(=O)C(F)F)CC2)n1. The first-order chi connectivity index (χ1) is 12.4. The fraction of sp³-hybridized carbons (Fsp3) is 0.500. The van der Waals surface area contributed by atoms with Crippen molar-refractivity contribution in [1.29, 1.82) is 0 Å². The topological polar surface area (TPSA) is 66.4 Å². The maximum absolute atomic E-state index is 13.0. The van der Waals surface area contributed by atoms with E-state index < -0.39 is 15.6 Å². The number of nitrogens with zero attached hydrogens (tertiary/aromatic N) is 4. The number of halogens is 2. The summed E-state index contributed by atoms with van der Waals surface area (Å²) in [4.78, 5) is 8.15. The smallest absolute Gasteiger partial charge is 0.341 e. The first kappa shape index (κ1) is 19.0. The molecule has 1 aliphatic rings. The highest BCUT2D eigenvalue weighted by molar-refractivity contribution is 7.91. The van der Waals surface area contributed by atoms with Crippen molar-refractivity contribution in [2.24, 2.45) is 0 Å². The molecule has 2 heterocycles. The van der Waals surface area contributed by atoms with Gasteiger partial charge in [-0.15, -0.1) is 0 Å². The molecular weight excluding hydrogens is 382 g/mol. The number of aromatic nitrogens is 2. The number of benzene rings is 1. The van der Waals surface area contributed by atoms with Gasteiger partial charge in [-0.2, -0.15) is 13.2 Å². The molecule has 0 N–H and O–H groups in total. The van der Waals surface area contributed by atoms with Gasteiger partial charge in [0.05, 0.1) is 10.6 Å². The average molecular weight is 402 g/mol. The van der Waals surface area contributed by atoms with Crippen molar-refractivity contribution in [3.8, 4) is 0 Å². The molecule has 1 aliphatic heterocycles. The molecule has 6 nitrogen and oxygen atoms in total. The number of sulfone groups is 1. The van der Waals surface area contributed by atoms with Gasteiger partial charge in [0.15, 0.2) is 0 Å². The third kappa shape index (κ3) is 3.80. The van der Waals surface area contributed by atoms with Crippen molar-refractivity contribution < 1.29 is 17.2 Å². The van der Waals surface area contributed by atoms with Crippen molar-refractivity contribution in [3.63, 3.8) is 0 Å². The van der Waals surface area contributed by atoms with Gasteiger partial charge in [-0.3, -0.25) is 0 Å². The van der Waals surface area contributed by atoms with Gasteiger partial charge in [-0.1, -0.05) is 19.1 Å². The fourth-order valence-corrected chi connectivity index (χ4v) is 4.67. The zero-order chi connectivity index (χ0) is 18.7. The molecule has 0 bridgehead atoms. The summed E-state index contributed by atoms with van der Waals surface area (Å²) in [5.74, 6) is -2.62. The predicted octanol–water partition coefficient (Wildman–Crippen LogP) is 2.81. The number of rotatable bonds is 5. The molecule has 3 rings (SSSR count). The molecule has 26 heavy (non-hydrogen) atoms. The van der Waals surface area contributed by atoms with Gasteiger partial charge in [0.1, 0.15) is 5.82 Å². The van der Waals surface area contributed by atoms with Crippen molar-refractivity contribution in [2.75, 3.05) is 36.0 Å². The van der Waals surface area contributed by atoms with Crippen LogP contribution in [0, 0.1) is 0 Å². The summed E-state index contributed by atoms with van der Waals surface area (Å²) in [5, 5.41) is 0.845. The quantitative estimate of drug-likeness (QED) is 0.766. The molecule has 0 radical (unpaired) electrons. The van der Waals surface area contributed by atoms with Crippen LogP contribution in [-0.4, -0.2) is 49.7 Å². The third-order valence-corrected chi connectivity index (χ3v) is 6.53. The van der Waals surface area contributed by atoms with Crippen LogP contribution >= 0.6 is 11.5 Å². The summed E-state index contributed by atoms with van der Waals surface area (Å²) in [6, 6.07) is 5.97. The van der Waals surface area contributed by atoms with Crippen molar-refractivity contribution in [1.82, 2.24) is 9.36 Å². The number of para-hydroxylation sites is 1. The zero-order valence-corrected chi connectivity index (χ0v) is 15.9. The van der Waals surface area contributed by atoms with E-state index in [2.05, 4.69) is 14.3 Å². The summed E-state index contributed by atoms with van der Waals surface area (Å²) < 4.78 is 54.3. The summed E-state index contributed by atoms with van der Waals surface area (Å²) >= 11 is 1.35. The lowest BCUT2D eigenvalue weighted by molar-refractivity contribution is 0.235. The van der Waals surface area contributed by atoms with Gasteiger partial charge >= 0.3 is 5.76 Å². The molecule has 0 saturated carbocycles. The highest BCUT2D eigenvalue weighted by Gasteiger charge is 2.31. The molecule has 10 heteroatoms. The van der Waals surface area contributed by atoms with Crippen LogP contribution in [-0.2, 0) is 16.3 Å². The Morgan fingerprint density at radius 1 is 1.15 bits per heavy atom. The standard InChI is InChI=1S/C16H20F2N4O2S2/c1-2-14-19-16(25-20-14)22-9-5-8-21(10-11-22)12-6-3-4-7-13(12)26(23,24)15(17)18/h3-4,6-7,15H,2,5,8-11H2,1H3. The molecule has 1 saturated heterocycles. The molecule has 1 aromatic carbocycles. The van der Waals surface area contributed by atoms with Crippen molar-refractivity contribution in [2.45, 2.75) is 30.4 Å². The monoisotopic (exact) mass is 402 g/mol. The van der Waals surface area contributed by atoms with Crippen LogP contribution in [0.4, 0.5) is 19.6 Å². The maximum Gasteiger partial charge on any atom is 0.341 e. The second kappa shape index (κ2) is 7.83. The van der Waals surface area contributed by atoms with Gasteiger partial charge in [0, 0.05) is 44.1 Å². The summed E-state index contributed by atoms with van der Waals surface area (Å²) in [6.45, 7) is 4.50. The molecular formula is C16H20F2N4O2S2. The Bertz CT molecular complexity index is 857. The predicted molar refractivity (Wildman–Crippen MR) is 98.0 cm³/mol. The molecule has 0 aliphatic carbocycles. The summed E-state index contributed by atoms with van der Waals surface area (Å²) in [6.07, 6.45) is 1.54. The van der Waals surface area contributed by atoms with E-state index in [1.54, 1.807) is 12.1 Å². The lowest BCUT2D eigenvalue weighted by atomic mass is 10.2. The molecule has 2 aromatic rings. The molecule has 142 valence electrons. The number of hydrogen-bond acceptors (Lipinski definition) is 7. The lowest BCUT2D eigenvalue weighted by Gasteiger charge is -2.25. The van der Waals surface area contributed by atoms with E-state index in [1.165, 1.54) is 23.7 Å². The Labute approximate surface area is 155 Å². The average Bonchev–Trinajstić information content (AvgIpc) is 2.98. The molecule has 0 unspecified atom stereocenters. The van der Waals surface area contributed by atoms with Gasteiger partial charge < -0.3 is 9.80 Å². The summed E-state index contributed by atoms with van der Waals surface area (Å²) in [5.41, 5.74) is 0.334.